The van der Waals surface area contributed by atoms with Gasteiger partial charge >= 0.3 is 0 Å². The minimum Gasteiger partial charge on any atom is -0.360 e. The molecule has 130 valence electrons. The van der Waals surface area contributed by atoms with Gasteiger partial charge in [-0.3, -0.25) is 0 Å². The Labute approximate surface area is 162 Å². The summed E-state index contributed by atoms with van der Waals surface area (Å²) < 4.78 is 0. The van der Waals surface area contributed by atoms with Gasteiger partial charge in [-0.1, -0.05) is 29.8 Å². The van der Waals surface area contributed by atoms with Crippen LogP contribution in [-0.2, 0) is 0 Å². The lowest BCUT2D eigenvalue weighted by Crippen LogP contribution is -1.93. The van der Waals surface area contributed by atoms with Crippen LogP contribution in [0.15, 0.2) is 48.0 Å². The zero-order chi connectivity index (χ0) is 18.7. The topological polar surface area (TPSA) is 48.7 Å². The zero-order valence-corrected chi connectivity index (χ0v) is 16.4. The molecular formula is C21H18ClN3S. The molecule has 0 amide bonds. The number of rotatable bonds is 4. The predicted octanol–water partition coefficient (Wildman–Crippen LogP) is 6.37. The first kappa shape index (κ1) is 18.2. The summed E-state index contributed by atoms with van der Waals surface area (Å²) in [6, 6.07) is 14.1. The number of aryl methyl sites for hydroxylation is 3. The molecule has 0 unspecified atom stereocenters. The predicted molar refractivity (Wildman–Crippen MR) is 110 cm³/mol. The van der Waals surface area contributed by atoms with Gasteiger partial charge in [-0.15, -0.1) is 11.3 Å². The Morgan fingerprint density at radius 2 is 1.88 bits per heavy atom. The molecule has 0 aliphatic rings. The quantitative estimate of drug-likeness (QED) is 0.536. The number of nitriles is 1. The highest BCUT2D eigenvalue weighted by Crippen LogP contribution is 2.28. The van der Waals surface area contributed by atoms with Gasteiger partial charge in [0.2, 0.25) is 0 Å². The van der Waals surface area contributed by atoms with Gasteiger partial charge in [-0.2, -0.15) is 5.26 Å². The summed E-state index contributed by atoms with van der Waals surface area (Å²) in [7, 11) is 0. The lowest BCUT2D eigenvalue weighted by atomic mass is 10.1. The normalized spacial score (nSPS) is 11.3. The molecule has 26 heavy (non-hydrogen) atoms. The number of nitrogens with zero attached hydrogens (tertiary/aromatic N) is 2. The van der Waals surface area contributed by atoms with Crippen LogP contribution in [0.1, 0.15) is 21.7 Å². The summed E-state index contributed by atoms with van der Waals surface area (Å²) in [6.07, 6.45) is 1.68. The van der Waals surface area contributed by atoms with Gasteiger partial charge in [-0.05, 0) is 55.7 Å². The first-order valence-corrected chi connectivity index (χ1v) is 9.40. The van der Waals surface area contributed by atoms with Crippen LogP contribution in [0, 0.1) is 32.1 Å². The Hall–Kier alpha value is -2.61. The third kappa shape index (κ3) is 3.96. The number of nitrogens with one attached hydrogen (secondary N) is 1. The van der Waals surface area contributed by atoms with E-state index in [0.29, 0.717) is 15.6 Å². The highest BCUT2D eigenvalue weighted by molar-refractivity contribution is 7.11. The van der Waals surface area contributed by atoms with E-state index in [1.165, 1.54) is 22.5 Å². The highest BCUT2D eigenvalue weighted by Gasteiger charge is 2.10. The average Bonchev–Trinajstić information content (AvgIpc) is 3.10. The van der Waals surface area contributed by atoms with E-state index in [4.69, 9.17) is 11.6 Å². The molecule has 3 aromatic rings. The number of thiazole rings is 1. The van der Waals surface area contributed by atoms with Gasteiger partial charge in [0.05, 0.1) is 5.69 Å². The smallest absolute Gasteiger partial charge is 0.136 e. The second-order valence-electron chi connectivity index (χ2n) is 6.11. The van der Waals surface area contributed by atoms with Crippen molar-refractivity contribution in [2.75, 3.05) is 5.32 Å². The van der Waals surface area contributed by atoms with Gasteiger partial charge in [0.15, 0.2) is 0 Å². The number of anilines is 1. The molecule has 5 heteroatoms. The van der Waals surface area contributed by atoms with Crippen molar-refractivity contribution in [2.24, 2.45) is 0 Å². The van der Waals surface area contributed by atoms with E-state index in [-0.39, 0.29) is 0 Å². The van der Waals surface area contributed by atoms with Crippen LogP contribution in [0.25, 0.3) is 16.8 Å². The van der Waals surface area contributed by atoms with Crippen molar-refractivity contribution < 1.29 is 0 Å². The standard InChI is InChI=1S/C21H18ClN3S/c1-13-4-6-16(8-15(13)3)20-12-26-21(25-20)17(10-23)11-24-19-9-18(22)7-5-14(19)2/h4-9,11-12,24H,1-3H3. The Kier molecular flexibility index (Phi) is 5.41. The minimum atomic E-state index is 0.490. The molecular weight excluding hydrogens is 362 g/mol. The summed E-state index contributed by atoms with van der Waals surface area (Å²) >= 11 is 7.50. The number of hydrogen-bond acceptors (Lipinski definition) is 4. The van der Waals surface area contributed by atoms with Crippen LogP contribution in [0.2, 0.25) is 5.02 Å². The Morgan fingerprint density at radius 3 is 2.62 bits per heavy atom. The molecule has 0 spiro atoms. The van der Waals surface area contributed by atoms with Crippen LogP contribution in [-0.4, -0.2) is 4.98 Å². The van der Waals surface area contributed by atoms with Gasteiger partial charge in [0.25, 0.3) is 0 Å². The molecule has 0 bridgehead atoms. The Morgan fingerprint density at radius 1 is 1.12 bits per heavy atom. The van der Waals surface area contributed by atoms with Crippen molar-refractivity contribution >= 4 is 34.2 Å². The van der Waals surface area contributed by atoms with E-state index in [1.807, 2.05) is 30.5 Å². The first-order valence-electron chi connectivity index (χ1n) is 8.14. The first-order chi connectivity index (χ1) is 12.5. The molecule has 0 saturated carbocycles. The molecule has 0 radical (unpaired) electrons. The summed E-state index contributed by atoms with van der Waals surface area (Å²) in [5.41, 5.74) is 6.84. The highest BCUT2D eigenvalue weighted by atomic mass is 35.5. The fraction of sp³-hybridized carbons (Fsp3) is 0.143. The average molecular weight is 380 g/mol. The molecule has 1 heterocycles. The van der Waals surface area contributed by atoms with Crippen molar-refractivity contribution in [3.8, 4) is 17.3 Å². The number of aromatic nitrogens is 1. The van der Waals surface area contributed by atoms with Gasteiger partial charge < -0.3 is 5.32 Å². The van der Waals surface area contributed by atoms with Crippen LogP contribution >= 0.6 is 22.9 Å². The van der Waals surface area contributed by atoms with Crippen molar-refractivity contribution in [1.29, 1.82) is 5.26 Å². The lowest BCUT2D eigenvalue weighted by Gasteiger charge is -2.06. The van der Waals surface area contributed by atoms with Crippen molar-refractivity contribution in [2.45, 2.75) is 20.8 Å². The van der Waals surface area contributed by atoms with Gasteiger partial charge in [0, 0.05) is 27.9 Å². The maximum atomic E-state index is 9.52. The number of halogens is 1. The fourth-order valence-electron chi connectivity index (χ4n) is 2.47. The molecule has 2 aromatic carbocycles. The molecule has 1 aromatic heterocycles. The molecule has 0 aliphatic heterocycles. The summed E-state index contributed by atoms with van der Waals surface area (Å²) in [6.45, 7) is 6.16. The van der Waals surface area contributed by atoms with Crippen LogP contribution < -0.4 is 5.32 Å². The number of hydrogen-bond donors (Lipinski definition) is 1. The molecule has 3 nitrogen and oxygen atoms in total. The third-order valence-corrected chi connectivity index (χ3v) is 5.34. The van der Waals surface area contributed by atoms with E-state index in [1.54, 1.807) is 6.20 Å². The summed E-state index contributed by atoms with van der Waals surface area (Å²) in [5.74, 6) is 0. The second kappa shape index (κ2) is 7.74. The molecule has 1 N–H and O–H groups in total. The van der Waals surface area contributed by atoms with Crippen molar-refractivity contribution in [1.82, 2.24) is 4.98 Å². The molecule has 0 atom stereocenters. The third-order valence-electron chi connectivity index (χ3n) is 4.23. The van der Waals surface area contributed by atoms with E-state index < -0.39 is 0 Å². The monoisotopic (exact) mass is 379 g/mol. The summed E-state index contributed by atoms with van der Waals surface area (Å²) in [4.78, 5) is 4.64. The molecule has 3 rings (SSSR count). The lowest BCUT2D eigenvalue weighted by molar-refractivity contribution is 1.31. The second-order valence-corrected chi connectivity index (χ2v) is 7.40. The minimum absolute atomic E-state index is 0.490. The maximum absolute atomic E-state index is 9.52. The summed E-state index contributed by atoms with van der Waals surface area (Å²) in [5, 5.41) is 16.0. The van der Waals surface area contributed by atoms with E-state index in [2.05, 4.69) is 48.4 Å². The SMILES string of the molecule is Cc1ccc(-c2csc(C(C#N)=CNc3cc(Cl)ccc3C)n2)cc1C. The van der Waals surface area contributed by atoms with Crippen LogP contribution in [0.4, 0.5) is 5.69 Å². The molecule has 0 aliphatic carbocycles. The largest absolute Gasteiger partial charge is 0.360 e. The number of benzene rings is 2. The van der Waals surface area contributed by atoms with Crippen molar-refractivity contribution in [3.63, 3.8) is 0 Å². The van der Waals surface area contributed by atoms with E-state index >= 15 is 0 Å². The van der Waals surface area contributed by atoms with Crippen molar-refractivity contribution in [3.05, 3.63) is 74.7 Å². The van der Waals surface area contributed by atoms with Gasteiger partial charge in [0.1, 0.15) is 16.6 Å². The van der Waals surface area contributed by atoms with Crippen LogP contribution in [0.5, 0.6) is 0 Å². The van der Waals surface area contributed by atoms with Crippen LogP contribution in [0.3, 0.4) is 0 Å². The van der Waals surface area contributed by atoms with E-state index in [0.717, 1.165) is 22.5 Å². The molecule has 0 fully saturated rings. The van der Waals surface area contributed by atoms with Gasteiger partial charge in [-0.25, -0.2) is 4.98 Å². The Balaban J connectivity index is 1.87. The maximum Gasteiger partial charge on any atom is 0.136 e. The van der Waals surface area contributed by atoms with E-state index in [9.17, 15) is 5.26 Å². The number of allylic oxidation sites excluding steroid dienone is 1. The Bertz CT molecular complexity index is 1030. The zero-order valence-electron chi connectivity index (χ0n) is 14.8. The molecule has 0 saturated heterocycles. The fourth-order valence-corrected chi connectivity index (χ4v) is 3.44.